The van der Waals surface area contributed by atoms with Crippen LogP contribution in [0.25, 0.3) is 0 Å². The lowest BCUT2D eigenvalue weighted by atomic mass is 9.91. The van der Waals surface area contributed by atoms with Gasteiger partial charge < -0.3 is 10.2 Å². The van der Waals surface area contributed by atoms with Gasteiger partial charge in [-0.3, -0.25) is 4.68 Å². The first kappa shape index (κ1) is 12.7. The number of hydrogen-bond donors (Lipinski definition) is 2. The van der Waals surface area contributed by atoms with Crippen LogP contribution in [0.2, 0.25) is 0 Å². The van der Waals surface area contributed by atoms with Crippen molar-refractivity contribution in [1.82, 2.24) is 9.78 Å². The Morgan fingerprint density at radius 1 is 1.16 bits per heavy atom. The van der Waals surface area contributed by atoms with Crippen molar-refractivity contribution < 1.29 is 15.0 Å². The predicted molar refractivity (Wildman–Crippen MR) is 69.2 cm³/mol. The summed E-state index contributed by atoms with van der Waals surface area (Å²) in [6, 6.07) is 0.267. The number of aliphatic hydroxyl groups is 1. The fraction of sp³-hybridized carbons (Fsp3) is 0.714. The zero-order valence-electron chi connectivity index (χ0n) is 11.0. The van der Waals surface area contributed by atoms with E-state index in [0.29, 0.717) is 6.42 Å². The van der Waals surface area contributed by atoms with Gasteiger partial charge in [0.05, 0.1) is 17.8 Å². The first-order chi connectivity index (χ1) is 9.18. The Morgan fingerprint density at radius 3 is 2.58 bits per heavy atom. The fourth-order valence-corrected chi connectivity index (χ4v) is 3.47. The first-order valence-corrected chi connectivity index (χ1v) is 7.21. The molecule has 3 rings (SSSR count). The third-order valence-electron chi connectivity index (χ3n) is 4.39. The summed E-state index contributed by atoms with van der Waals surface area (Å²) in [6.07, 6.45) is 7.38. The van der Waals surface area contributed by atoms with Gasteiger partial charge in [0.15, 0.2) is 5.69 Å². The Morgan fingerprint density at radius 2 is 1.89 bits per heavy atom. The Balaban J connectivity index is 2.05. The standard InChI is InChI=1S/C14H20N2O3/c17-11-8-4-7-10-12(14(18)19)15-16(13(10)11)9-5-2-1-3-6-9/h9,11,17H,1-8H2,(H,18,19). The molecule has 0 radical (unpaired) electrons. The van der Waals surface area contributed by atoms with E-state index in [4.69, 9.17) is 0 Å². The van der Waals surface area contributed by atoms with E-state index < -0.39 is 12.1 Å². The summed E-state index contributed by atoms with van der Waals surface area (Å²) in [5.74, 6) is -0.972. The minimum Gasteiger partial charge on any atom is -0.476 e. The van der Waals surface area contributed by atoms with E-state index in [0.717, 1.165) is 49.8 Å². The van der Waals surface area contributed by atoms with Gasteiger partial charge in [0, 0.05) is 5.56 Å². The molecule has 19 heavy (non-hydrogen) atoms. The van der Waals surface area contributed by atoms with Crippen molar-refractivity contribution in [2.24, 2.45) is 0 Å². The van der Waals surface area contributed by atoms with Crippen LogP contribution in [0.3, 0.4) is 0 Å². The molecule has 1 saturated carbocycles. The highest BCUT2D eigenvalue weighted by atomic mass is 16.4. The van der Waals surface area contributed by atoms with Crippen LogP contribution in [0.4, 0.5) is 0 Å². The molecule has 0 spiro atoms. The number of aliphatic hydroxyl groups excluding tert-OH is 1. The van der Waals surface area contributed by atoms with E-state index in [1.54, 1.807) is 0 Å². The molecule has 5 nitrogen and oxygen atoms in total. The van der Waals surface area contributed by atoms with Crippen LogP contribution in [0.1, 0.15) is 78.8 Å². The Bertz CT molecular complexity index is 489. The Kier molecular flexibility index (Phi) is 3.31. The maximum Gasteiger partial charge on any atom is 0.356 e. The largest absolute Gasteiger partial charge is 0.476 e. The highest BCUT2D eigenvalue weighted by Crippen LogP contribution is 2.37. The van der Waals surface area contributed by atoms with Gasteiger partial charge in [0.1, 0.15) is 0 Å². The van der Waals surface area contributed by atoms with E-state index in [1.807, 2.05) is 4.68 Å². The summed E-state index contributed by atoms with van der Waals surface area (Å²) < 4.78 is 1.84. The number of aromatic nitrogens is 2. The summed E-state index contributed by atoms with van der Waals surface area (Å²) in [5, 5.41) is 23.8. The van der Waals surface area contributed by atoms with E-state index in [2.05, 4.69) is 5.10 Å². The number of nitrogens with zero attached hydrogens (tertiary/aromatic N) is 2. The molecule has 0 bridgehead atoms. The first-order valence-electron chi connectivity index (χ1n) is 7.21. The number of aromatic carboxylic acids is 1. The Hall–Kier alpha value is -1.36. The van der Waals surface area contributed by atoms with Crippen molar-refractivity contribution in [1.29, 1.82) is 0 Å². The van der Waals surface area contributed by atoms with Crippen LogP contribution in [-0.4, -0.2) is 26.0 Å². The molecule has 2 aliphatic rings. The molecule has 5 heteroatoms. The number of carbonyl (C=O) groups is 1. The van der Waals surface area contributed by atoms with Crippen LogP contribution in [0, 0.1) is 0 Å². The summed E-state index contributed by atoms with van der Waals surface area (Å²) in [4.78, 5) is 11.3. The molecular formula is C14H20N2O3. The Labute approximate surface area is 112 Å². The molecule has 0 amide bonds. The predicted octanol–water partition coefficient (Wildman–Crippen LogP) is 2.46. The van der Waals surface area contributed by atoms with Crippen molar-refractivity contribution in [3.8, 4) is 0 Å². The normalized spacial score (nSPS) is 24.2. The molecule has 1 aromatic heterocycles. The average Bonchev–Trinajstić information content (AvgIpc) is 2.81. The molecule has 2 N–H and O–H groups in total. The van der Waals surface area contributed by atoms with Crippen molar-refractivity contribution in [3.05, 3.63) is 17.0 Å². The molecule has 1 heterocycles. The quantitative estimate of drug-likeness (QED) is 0.860. The second kappa shape index (κ2) is 4.96. The molecule has 1 fully saturated rings. The van der Waals surface area contributed by atoms with E-state index in [9.17, 15) is 15.0 Å². The third kappa shape index (κ3) is 2.16. The minimum absolute atomic E-state index is 0.152. The SMILES string of the molecule is O=C(O)c1nn(C2CCCCC2)c2c1CCCC2O. The number of carboxylic acid groups (broad SMARTS) is 1. The van der Waals surface area contributed by atoms with Gasteiger partial charge in [-0.2, -0.15) is 5.10 Å². The molecule has 1 aromatic rings. The van der Waals surface area contributed by atoms with Crippen LogP contribution < -0.4 is 0 Å². The molecular weight excluding hydrogens is 244 g/mol. The summed E-state index contributed by atoms with van der Waals surface area (Å²) >= 11 is 0. The van der Waals surface area contributed by atoms with E-state index in [1.165, 1.54) is 6.42 Å². The monoisotopic (exact) mass is 264 g/mol. The zero-order chi connectivity index (χ0) is 13.4. The van der Waals surface area contributed by atoms with Crippen LogP contribution in [-0.2, 0) is 6.42 Å². The molecule has 0 aliphatic heterocycles. The highest BCUT2D eigenvalue weighted by molar-refractivity contribution is 5.87. The number of fused-ring (bicyclic) bond motifs is 1. The number of hydrogen-bond acceptors (Lipinski definition) is 3. The highest BCUT2D eigenvalue weighted by Gasteiger charge is 2.32. The number of rotatable bonds is 2. The lowest BCUT2D eigenvalue weighted by Crippen LogP contribution is -2.20. The lowest BCUT2D eigenvalue weighted by Gasteiger charge is -2.27. The van der Waals surface area contributed by atoms with Crippen LogP contribution in [0.5, 0.6) is 0 Å². The van der Waals surface area contributed by atoms with Gasteiger partial charge in [-0.15, -0.1) is 0 Å². The second-order valence-electron chi connectivity index (χ2n) is 5.66. The summed E-state index contributed by atoms with van der Waals surface area (Å²) in [7, 11) is 0. The molecule has 1 atom stereocenters. The molecule has 1 unspecified atom stereocenters. The van der Waals surface area contributed by atoms with Gasteiger partial charge in [-0.1, -0.05) is 19.3 Å². The average molecular weight is 264 g/mol. The summed E-state index contributed by atoms with van der Waals surface area (Å²) in [5.41, 5.74) is 1.69. The van der Waals surface area contributed by atoms with Gasteiger partial charge in [0.2, 0.25) is 0 Å². The van der Waals surface area contributed by atoms with E-state index >= 15 is 0 Å². The van der Waals surface area contributed by atoms with Crippen molar-refractivity contribution >= 4 is 5.97 Å². The molecule has 0 saturated heterocycles. The minimum atomic E-state index is -0.972. The maximum atomic E-state index is 11.3. The molecule has 104 valence electrons. The zero-order valence-corrected chi connectivity index (χ0v) is 11.0. The van der Waals surface area contributed by atoms with Gasteiger partial charge >= 0.3 is 5.97 Å². The topological polar surface area (TPSA) is 75.3 Å². The molecule has 0 aromatic carbocycles. The van der Waals surface area contributed by atoms with Crippen molar-refractivity contribution in [2.45, 2.75) is 63.5 Å². The smallest absolute Gasteiger partial charge is 0.356 e. The second-order valence-corrected chi connectivity index (χ2v) is 5.66. The van der Waals surface area contributed by atoms with Gasteiger partial charge in [0.25, 0.3) is 0 Å². The molecule has 2 aliphatic carbocycles. The maximum absolute atomic E-state index is 11.3. The third-order valence-corrected chi connectivity index (χ3v) is 4.39. The lowest BCUT2D eigenvalue weighted by molar-refractivity contribution is 0.0687. The summed E-state index contributed by atoms with van der Waals surface area (Å²) in [6.45, 7) is 0. The fourth-order valence-electron chi connectivity index (χ4n) is 3.47. The van der Waals surface area contributed by atoms with E-state index in [-0.39, 0.29) is 11.7 Å². The number of carboxylic acids is 1. The van der Waals surface area contributed by atoms with Crippen LogP contribution >= 0.6 is 0 Å². The van der Waals surface area contributed by atoms with Gasteiger partial charge in [-0.05, 0) is 32.1 Å². The van der Waals surface area contributed by atoms with Crippen LogP contribution in [0.15, 0.2) is 0 Å². The van der Waals surface area contributed by atoms with Gasteiger partial charge in [-0.25, -0.2) is 4.79 Å². The van der Waals surface area contributed by atoms with Crippen molar-refractivity contribution in [3.63, 3.8) is 0 Å². The van der Waals surface area contributed by atoms with Crippen molar-refractivity contribution in [2.75, 3.05) is 0 Å².